The van der Waals surface area contributed by atoms with Crippen LogP contribution in [0.5, 0.6) is 5.75 Å². The highest BCUT2D eigenvalue weighted by molar-refractivity contribution is 7.11. The monoisotopic (exact) mass is 304 g/mol. The lowest BCUT2D eigenvalue weighted by atomic mass is 10.1. The van der Waals surface area contributed by atoms with E-state index in [9.17, 15) is 0 Å². The lowest BCUT2D eigenvalue weighted by molar-refractivity contribution is 0.242. The second kappa shape index (κ2) is 7.57. The highest BCUT2D eigenvalue weighted by atomic mass is 32.1. The Morgan fingerprint density at radius 3 is 2.48 bits per heavy atom. The van der Waals surface area contributed by atoms with E-state index < -0.39 is 0 Å². The van der Waals surface area contributed by atoms with Gasteiger partial charge in [0.1, 0.15) is 10.8 Å². The summed E-state index contributed by atoms with van der Waals surface area (Å²) in [5, 5.41) is 4.67. The van der Waals surface area contributed by atoms with Gasteiger partial charge < -0.3 is 10.1 Å². The molecule has 1 aromatic carbocycles. The van der Waals surface area contributed by atoms with Crippen LogP contribution in [0.2, 0.25) is 0 Å². The van der Waals surface area contributed by atoms with Crippen molar-refractivity contribution in [2.75, 3.05) is 0 Å². The highest BCUT2D eigenvalue weighted by Gasteiger charge is 2.07. The molecule has 0 aliphatic rings. The van der Waals surface area contributed by atoms with E-state index in [0.29, 0.717) is 6.04 Å². The predicted octanol–water partition coefficient (Wildman–Crippen LogP) is 4.34. The molecule has 0 aliphatic carbocycles. The van der Waals surface area contributed by atoms with Gasteiger partial charge in [-0.05, 0) is 44.9 Å². The molecule has 1 heterocycles. The zero-order valence-corrected chi connectivity index (χ0v) is 14.0. The molecule has 0 fully saturated rings. The number of rotatable bonds is 7. The minimum Gasteiger partial charge on any atom is -0.491 e. The third kappa shape index (κ3) is 4.83. The second-order valence-corrected chi connectivity index (χ2v) is 6.61. The Balaban J connectivity index is 1.89. The third-order valence-electron chi connectivity index (χ3n) is 3.26. The lowest BCUT2D eigenvalue weighted by Gasteiger charge is -2.15. The molecule has 0 amide bonds. The van der Waals surface area contributed by atoms with Crippen LogP contribution in [-0.2, 0) is 13.0 Å². The molecule has 0 spiro atoms. The van der Waals surface area contributed by atoms with E-state index in [-0.39, 0.29) is 6.10 Å². The van der Waals surface area contributed by atoms with Gasteiger partial charge in [0.05, 0.1) is 6.10 Å². The van der Waals surface area contributed by atoms with Gasteiger partial charge in [0.25, 0.3) is 0 Å². The van der Waals surface area contributed by atoms with Crippen molar-refractivity contribution in [3.8, 4) is 5.75 Å². The highest BCUT2D eigenvalue weighted by Crippen LogP contribution is 2.20. The first-order valence-electron chi connectivity index (χ1n) is 7.52. The van der Waals surface area contributed by atoms with E-state index in [0.717, 1.165) is 23.7 Å². The van der Waals surface area contributed by atoms with E-state index in [1.54, 1.807) is 11.3 Å². The molecular formula is C17H24N2OS. The first-order chi connectivity index (χ1) is 10.1. The molecule has 2 rings (SSSR count). The maximum Gasteiger partial charge on any atom is 0.119 e. The smallest absolute Gasteiger partial charge is 0.119 e. The molecule has 0 radical (unpaired) electrons. The summed E-state index contributed by atoms with van der Waals surface area (Å²) in [5.41, 5.74) is 1.26. The first-order valence-corrected chi connectivity index (χ1v) is 8.33. The van der Waals surface area contributed by atoms with Crippen LogP contribution in [0, 0.1) is 0 Å². The molecule has 0 saturated heterocycles. The fourth-order valence-electron chi connectivity index (χ4n) is 2.06. The van der Waals surface area contributed by atoms with Gasteiger partial charge in [0.2, 0.25) is 0 Å². The number of nitrogens with zero attached hydrogens (tertiary/aromatic N) is 1. The lowest BCUT2D eigenvalue weighted by Crippen LogP contribution is -2.17. The Kier molecular flexibility index (Phi) is 5.76. The second-order valence-electron chi connectivity index (χ2n) is 5.41. The summed E-state index contributed by atoms with van der Waals surface area (Å²) in [6, 6.07) is 8.61. The molecule has 1 aromatic heterocycles. The van der Waals surface area contributed by atoms with Gasteiger partial charge >= 0.3 is 0 Å². The molecule has 21 heavy (non-hydrogen) atoms. The molecule has 0 aliphatic heterocycles. The molecule has 2 aromatic rings. The summed E-state index contributed by atoms with van der Waals surface area (Å²) >= 11 is 1.79. The van der Waals surface area contributed by atoms with Crippen molar-refractivity contribution in [1.29, 1.82) is 0 Å². The van der Waals surface area contributed by atoms with Crippen LogP contribution >= 0.6 is 11.3 Å². The average Bonchev–Trinajstić information content (AvgIpc) is 2.93. The van der Waals surface area contributed by atoms with Gasteiger partial charge in [-0.3, -0.25) is 0 Å². The largest absolute Gasteiger partial charge is 0.491 e. The summed E-state index contributed by atoms with van der Waals surface area (Å²) in [6.45, 7) is 9.23. The SMILES string of the molecule is CCc1cnc(CNC(C)c2ccc(OC(C)C)cc2)s1. The van der Waals surface area contributed by atoms with Crippen molar-refractivity contribution in [2.24, 2.45) is 0 Å². The van der Waals surface area contributed by atoms with Crippen molar-refractivity contribution in [3.05, 3.63) is 45.9 Å². The van der Waals surface area contributed by atoms with E-state index >= 15 is 0 Å². The van der Waals surface area contributed by atoms with E-state index in [2.05, 4.69) is 36.3 Å². The zero-order valence-electron chi connectivity index (χ0n) is 13.2. The summed E-state index contributed by atoms with van der Waals surface area (Å²) < 4.78 is 5.66. The molecule has 4 heteroatoms. The third-order valence-corrected chi connectivity index (χ3v) is 4.40. The Hall–Kier alpha value is -1.39. The molecule has 0 bridgehead atoms. The molecular weight excluding hydrogens is 280 g/mol. The quantitative estimate of drug-likeness (QED) is 0.826. The Labute approximate surface area is 131 Å². The van der Waals surface area contributed by atoms with E-state index in [1.807, 2.05) is 32.2 Å². The molecule has 1 unspecified atom stereocenters. The number of hydrogen-bond donors (Lipinski definition) is 1. The minimum absolute atomic E-state index is 0.212. The van der Waals surface area contributed by atoms with Crippen molar-refractivity contribution in [1.82, 2.24) is 10.3 Å². The van der Waals surface area contributed by atoms with Gasteiger partial charge in [-0.15, -0.1) is 11.3 Å². The number of hydrogen-bond acceptors (Lipinski definition) is 4. The number of benzene rings is 1. The van der Waals surface area contributed by atoms with Crippen LogP contribution in [0.4, 0.5) is 0 Å². The van der Waals surface area contributed by atoms with E-state index in [4.69, 9.17) is 4.74 Å². The Bertz CT molecular complexity index is 548. The van der Waals surface area contributed by atoms with Gasteiger partial charge in [-0.1, -0.05) is 19.1 Å². The van der Waals surface area contributed by atoms with Crippen LogP contribution in [0.3, 0.4) is 0 Å². The van der Waals surface area contributed by atoms with Crippen LogP contribution in [0.25, 0.3) is 0 Å². The number of nitrogens with one attached hydrogen (secondary N) is 1. The van der Waals surface area contributed by atoms with Gasteiger partial charge in [0, 0.05) is 23.7 Å². The number of aryl methyl sites for hydroxylation is 1. The molecule has 1 atom stereocenters. The molecule has 3 nitrogen and oxygen atoms in total. The first kappa shape index (κ1) is 16.0. The fourth-order valence-corrected chi connectivity index (χ4v) is 2.87. The summed E-state index contributed by atoms with van der Waals surface area (Å²) in [5.74, 6) is 0.925. The van der Waals surface area contributed by atoms with Gasteiger partial charge in [-0.25, -0.2) is 4.98 Å². The maximum atomic E-state index is 5.66. The topological polar surface area (TPSA) is 34.2 Å². The maximum absolute atomic E-state index is 5.66. The van der Waals surface area contributed by atoms with Crippen molar-refractivity contribution >= 4 is 11.3 Å². The molecule has 0 saturated carbocycles. The van der Waals surface area contributed by atoms with E-state index in [1.165, 1.54) is 10.4 Å². The molecule has 1 N–H and O–H groups in total. The Morgan fingerprint density at radius 2 is 1.90 bits per heavy atom. The van der Waals surface area contributed by atoms with Crippen LogP contribution < -0.4 is 10.1 Å². The summed E-state index contributed by atoms with van der Waals surface area (Å²) in [4.78, 5) is 5.78. The standard InChI is InChI=1S/C17H24N2OS/c1-5-16-10-19-17(21-16)11-18-13(4)14-6-8-15(9-7-14)20-12(2)3/h6-10,12-13,18H,5,11H2,1-4H3. The Morgan fingerprint density at radius 1 is 1.19 bits per heavy atom. The van der Waals surface area contributed by atoms with Crippen molar-refractivity contribution in [3.63, 3.8) is 0 Å². The van der Waals surface area contributed by atoms with Crippen LogP contribution in [0.15, 0.2) is 30.5 Å². The number of aromatic nitrogens is 1. The molecule has 114 valence electrons. The summed E-state index contributed by atoms with van der Waals surface area (Å²) in [6.07, 6.45) is 3.25. The fraction of sp³-hybridized carbons (Fsp3) is 0.471. The number of thiazole rings is 1. The summed E-state index contributed by atoms with van der Waals surface area (Å²) in [7, 11) is 0. The normalized spacial score (nSPS) is 12.6. The van der Waals surface area contributed by atoms with Crippen LogP contribution in [-0.4, -0.2) is 11.1 Å². The zero-order chi connectivity index (χ0) is 15.2. The van der Waals surface area contributed by atoms with Crippen molar-refractivity contribution in [2.45, 2.75) is 52.8 Å². The van der Waals surface area contributed by atoms with Gasteiger partial charge in [0.15, 0.2) is 0 Å². The minimum atomic E-state index is 0.212. The predicted molar refractivity (Wildman–Crippen MR) is 89.0 cm³/mol. The number of ether oxygens (including phenoxy) is 1. The van der Waals surface area contributed by atoms with Crippen LogP contribution in [0.1, 0.15) is 49.2 Å². The van der Waals surface area contributed by atoms with Crippen molar-refractivity contribution < 1.29 is 4.74 Å². The van der Waals surface area contributed by atoms with Gasteiger partial charge in [-0.2, -0.15) is 0 Å². The average molecular weight is 304 g/mol.